The lowest BCUT2D eigenvalue weighted by Gasteiger charge is -2.13. The van der Waals surface area contributed by atoms with Crippen molar-refractivity contribution in [1.29, 1.82) is 0 Å². The Kier molecular flexibility index (Phi) is 4.13. The topological polar surface area (TPSA) is 47.0 Å². The highest BCUT2D eigenvalue weighted by Crippen LogP contribution is 2.31. The van der Waals surface area contributed by atoms with Crippen LogP contribution in [0.4, 0.5) is 0 Å². The molecule has 3 nitrogen and oxygen atoms in total. The summed E-state index contributed by atoms with van der Waals surface area (Å²) in [6.45, 7) is 1.60. The standard InChI is InChI=1S/C13H11Cl2NO2S/c1-9(10-5-6-11(14)12(15)8-10)19(17,18)13-4-2-3-7-16-13/h2-9H,1H3. The zero-order valence-corrected chi connectivity index (χ0v) is 12.4. The minimum atomic E-state index is -3.53. The van der Waals surface area contributed by atoms with Crippen LogP contribution >= 0.6 is 23.2 Å². The van der Waals surface area contributed by atoms with Crippen LogP contribution in [0.5, 0.6) is 0 Å². The van der Waals surface area contributed by atoms with Crippen molar-refractivity contribution >= 4 is 33.0 Å². The Morgan fingerprint density at radius 3 is 2.42 bits per heavy atom. The number of halogens is 2. The molecule has 0 aliphatic heterocycles. The molecule has 0 aliphatic carbocycles. The third-order valence-corrected chi connectivity index (χ3v) is 5.57. The lowest BCUT2D eigenvalue weighted by molar-refractivity contribution is 0.582. The smallest absolute Gasteiger partial charge is 0.202 e. The van der Waals surface area contributed by atoms with Crippen LogP contribution in [-0.2, 0) is 9.84 Å². The fourth-order valence-electron chi connectivity index (χ4n) is 1.64. The van der Waals surface area contributed by atoms with Crippen molar-refractivity contribution in [2.24, 2.45) is 0 Å². The summed E-state index contributed by atoms with van der Waals surface area (Å²) in [4.78, 5) is 3.89. The van der Waals surface area contributed by atoms with Gasteiger partial charge in [-0.1, -0.05) is 35.3 Å². The van der Waals surface area contributed by atoms with E-state index < -0.39 is 15.1 Å². The molecule has 1 heterocycles. The van der Waals surface area contributed by atoms with Crippen molar-refractivity contribution in [3.05, 3.63) is 58.2 Å². The first-order valence-corrected chi connectivity index (χ1v) is 7.83. The van der Waals surface area contributed by atoms with Gasteiger partial charge in [0, 0.05) is 6.20 Å². The number of benzene rings is 1. The number of hydrogen-bond donors (Lipinski definition) is 0. The van der Waals surface area contributed by atoms with Crippen LogP contribution in [0.15, 0.2) is 47.6 Å². The van der Waals surface area contributed by atoms with E-state index in [1.165, 1.54) is 12.3 Å². The van der Waals surface area contributed by atoms with Gasteiger partial charge in [-0.3, -0.25) is 0 Å². The average molecular weight is 316 g/mol. The molecule has 100 valence electrons. The summed E-state index contributed by atoms with van der Waals surface area (Å²) >= 11 is 11.7. The molecule has 0 fully saturated rings. The van der Waals surface area contributed by atoms with Gasteiger partial charge >= 0.3 is 0 Å². The number of hydrogen-bond acceptors (Lipinski definition) is 3. The van der Waals surface area contributed by atoms with Gasteiger partial charge in [0.05, 0.1) is 15.3 Å². The van der Waals surface area contributed by atoms with Crippen LogP contribution in [0, 0.1) is 0 Å². The lowest BCUT2D eigenvalue weighted by Crippen LogP contribution is -2.12. The normalized spacial score (nSPS) is 13.2. The second-order valence-corrected chi connectivity index (χ2v) is 7.06. The Balaban J connectivity index is 2.44. The van der Waals surface area contributed by atoms with Crippen LogP contribution in [0.1, 0.15) is 17.7 Å². The summed E-state index contributed by atoms with van der Waals surface area (Å²) in [6, 6.07) is 9.59. The van der Waals surface area contributed by atoms with Gasteiger partial charge in [-0.25, -0.2) is 13.4 Å². The molecule has 0 saturated carbocycles. The van der Waals surface area contributed by atoms with E-state index in [1.54, 1.807) is 37.3 Å². The molecule has 0 spiro atoms. The molecule has 1 aromatic carbocycles. The Hall–Kier alpha value is -1.10. The molecule has 19 heavy (non-hydrogen) atoms. The largest absolute Gasteiger partial charge is 0.245 e. The molecule has 0 aliphatic rings. The lowest BCUT2D eigenvalue weighted by atomic mass is 10.2. The molecule has 1 unspecified atom stereocenters. The van der Waals surface area contributed by atoms with Gasteiger partial charge in [0.2, 0.25) is 9.84 Å². The van der Waals surface area contributed by atoms with E-state index in [0.29, 0.717) is 15.6 Å². The molecule has 0 bridgehead atoms. The fraction of sp³-hybridized carbons (Fsp3) is 0.154. The van der Waals surface area contributed by atoms with Crippen molar-refractivity contribution in [3.8, 4) is 0 Å². The van der Waals surface area contributed by atoms with Gasteiger partial charge in [-0.15, -0.1) is 0 Å². The summed E-state index contributed by atoms with van der Waals surface area (Å²) in [5.74, 6) is 0. The molecular weight excluding hydrogens is 305 g/mol. The first kappa shape index (κ1) is 14.3. The zero-order chi connectivity index (χ0) is 14.0. The van der Waals surface area contributed by atoms with Gasteiger partial charge in [-0.05, 0) is 36.8 Å². The van der Waals surface area contributed by atoms with E-state index in [0.717, 1.165) is 0 Å². The third-order valence-electron chi connectivity index (χ3n) is 2.81. The Morgan fingerprint density at radius 1 is 1.11 bits per heavy atom. The van der Waals surface area contributed by atoms with Crippen molar-refractivity contribution in [1.82, 2.24) is 4.98 Å². The Bertz CT molecular complexity index is 687. The van der Waals surface area contributed by atoms with E-state index in [1.807, 2.05) is 0 Å². The van der Waals surface area contributed by atoms with Crippen molar-refractivity contribution in [2.75, 3.05) is 0 Å². The first-order valence-electron chi connectivity index (χ1n) is 5.53. The molecule has 1 aromatic heterocycles. The zero-order valence-electron chi connectivity index (χ0n) is 10.0. The average Bonchev–Trinajstić information content (AvgIpc) is 2.42. The highest BCUT2D eigenvalue weighted by molar-refractivity contribution is 7.91. The minimum absolute atomic E-state index is 0.0496. The number of pyridine rings is 1. The minimum Gasteiger partial charge on any atom is -0.245 e. The maximum atomic E-state index is 12.4. The van der Waals surface area contributed by atoms with Crippen LogP contribution in [0.25, 0.3) is 0 Å². The van der Waals surface area contributed by atoms with E-state index >= 15 is 0 Å². The summed E-state index contributed by atoms with van der Waals surface area (Å²) < 4.78 is 24.8. The molecule has 0 N–H and O–H groups in total. The van der Waals surface area contributed by atoms with Crippen LogP contribution in [-0.4, -0.2) is 13.4 Å². The van der Waals surface area contributed by atoms with Gasteiger partial charge in [0.1, 0.15) is 0 Å². The second kappa shape index (κ2) is 5.49. The van der Waals surface area contributed by atoms with E-state index in [4.69, 9.17) is 23.2 Å². The maximum absolute atomic E-state index is 12.4. The monoisotopic (exact) mass is 315 g/mol. The first-order chi connectivity index (χ1) is 8.93. The number of aromatic nitrogens is 1. The van der Waals surface area contributed by atoms with E-state index in [2.05, 4.69) is 4.98 Å². The van der Waals surface area contributed by atoms with Crippen molar-refractivity contribution in [2.45, 2.75) is 17.2 Å². The predicted octanol–water partition coefficient (Wildman–Crippen LogP) is 3.92. The van der Waals surface area contributed by atoms with Crippen molar-refractivity contribution in [3.63, 3.8) is 0 Å². The molecule has 2 aromatic rings. The highest BCUT2D eigenvalue weighted by atomic mass is 35.5. The summed E-state index contributed by atoms with van der Waals surface area (Å²) in [7, 11) is -3.53. The van der Waals surface area contributed by atoms with Crippen molar-refractivity contribution < 1.29 is 8.42 Å². The quantitative estimate of drug-likeness (QED) is 0.862. The third kappa shape index (κ3) is 2.91. The van der Waals surface area contributed by atoms with Crippen LogP contribution in [0.2, 0.25) is 10.0 Å². The predicted molar refractivity (Wildman–Crippen MR) is 76.3 cm³/mol. The Morgan fingerprint density at radius 2 is 1.84 bits per heavy atom. The Labute approximate surface area is 122 Å². The maximum Gasteiger partial charge on any atom is 0.202 e. The molecule has 0 saturated heterocycles. The molecule has 1 atom stereocenters. The van der Waals surface area contributed by atoms with Gasteiger partial charge in [0.25, 0.3) is 0 Å². The van der Waals surface area contributed by atoms with E-state index in [-0.39, 0.29) is 5.03 Å². The van der Waals surface area contributed by atoms with Gasteiger partial charge in [0.15, 0.2) is 5.03 Å². The molecule has 0 radical (unpaired) electrons. The summed E-state index contributed by atoms with van der Waals surface area (Å²) in [6.07, 6.45) is 1.45. The molecule has 0 amide bonds. The van der Waals surface area contributed by atoms with Crippen LogP contribution in [0.3, 0.4) is 0 Å². The molecule has 6 heteroatoms. The molecular formula is C13H11Cl2NO2S. The van der Waals surface area contributed by atoms with Gasteiger partial charge in [-0.2, -0.15) is 0 Å². The summed E-state index contributed by atoms with van der Waals surface area (Å²) in [5, 5.41) is 0.0424. The fourth-order valence-corrected chi connectivity index (χ4v) is 3.29. The number of sulfone groups is 1. The number of nitrogens with zero attached hydrogens (tertiary/aromatic N) is 1. The molecule has 2 rings (SSSR count). The van der Waals surface area contributed by atoms with E-state index in [9.17, 15) is 8.42 Å². The van der Waals surface area contributed by atoms with Gasteiger partial charge < -0.3 is 0 Å². The summed E-state index contributed by atoms with van der Waals surface area (Å²) in [5.41, 5.74) is 0.583. The SMILES string of the molecule is CC(c1ccc(Cl)c(Cl)c1)S(=O)(=O)c1ccccn1. The second-order valence-electron chi connectivity index (χ2n) is 4.03. The highest BCUT2D eigenvalue weighted by Gasteiger charge is 2.26. The number of rotatable bonds is 3. The van der Waals surface area contributed by atoms with Crippen LogP contribution < -0.4 is 0 Å².